The van der Waals surface area contributed by atoms with Gasteiger partial charge in [0.2, 0.25) is 0 Å². The normalized spacial score (nSPS) is 25.1. The SMILES string of the molecule is COc1cc(C)ccc1C(C)NC1CCCC(O)C1. The summed E-state index contributed by atoms with van der Waals surface area (Å²) in [5.41, 5.74) is 2.40. The van der Waals surface area contributed by atoms with Gasteiger partial charge in [-0.05, 0) is 51.2 Å². The first kappa shape index (κ1) is 14.4. The highest BCUT2D eigenvalue weighted by molar-refractivity contribution is 5.39. The van der Waals surface area contributed by atoms with Gasteiger partial charge in [0.1, 0.15) is 5.75 Å². The number of nitrogens with one attached hydrogen (secondary N) is 1. The lowest BCUT2D eigenvalue weighted by Gasteiger charge is -2.30. The van der Waals surface area contributed by atoms with Crippen LogP contribution in [0.15, 0.2) is 18.2 Å². The summed E-state index contributed by atoms with van der Waals surface area (Å²) < 4.78 is 5.47. The van der Waals surface area contributed by atoms with E-state index >= 15 is 0 Å². The van der Waals surface area contributed by atoms with E-state index in [1.54, 1.807) is 7.11 Å². The number of ether oxygens (including phenoxy) is 1. The molecule has 0 radical (unpaired) electrons. The Morgan fingerprint density at radius 1 is 1.37 bits per heavy atom. The molecule has 3 nitrogen and oxygen atoms in total. The van der Waals surface area contributed by atoms with Crippen LogP contribution in [0.3, 0.4) is 0 Å². The Bertz CT molecular complexity index is 419. The van der Waals surface area contributed by atoms with Gasteiger partial charge in [0, 0.05) is 17.6 Å². The van der Waals surface area contributed by atoms with Crippen molar-refractivity contribution in [1.29, 1.82) is 0 Å². The molecular weight excluding hydrogens is 238 g/mol. The molecule has 1 saturated carbocycles. The monoisotopic (exact) mass is 263 g/mol. The van der Waals surface area contributed by atoms with Crippen LogP contribution in [0.25, 0.3) is 0 Å². The molecule has 0 spiro atoms. The molecule has 0 amide bonds. The molecule has 2 N–H and O–H groups in total. The van der Waals surface area contributed by atoms with E-state index in [-0.39, 0.29) is 12.1 Å². The maximum absolute atomic E-state index is 9.74. The predicted molar refractivity (Wildman–Crippen MR) is 77.5 cm³/mol. The predicted octanol–water partition coefficient (Wildman–Crippen LogP) is 2.96. The zero-order valence-electron chi connectivity index (χ0n) is 12.1. The Balaban J connectivity index is 2.04. The minimum atomic E-state index is -0.140. The number of aliphatic hydroxyl groups is 1. The molecular formula is C16H25NO2. The summed E-state index contributed by atoms with van der Waals surface area (Å²) in [6, 6.07) is 6.97. The number of aliphatic hydroxyl groups excluding tert-OH is 1. The molecule has 0 aromatic heterocycles. The van der Waals surface area contributed by atoms with Crippen LogP contribution in [-0.2, 0) is 0 Å². The minimum Gasteiger partial charge on any atom is -0.496 e. The third kappa shape index (κ3) is 3.71. The molecule has 0 bridgehead atoms. The first-order valence-corrected chi connectivity index (χ1v) is 7.18. The molecule has 0 saturated heterocycles. The Kier molecular flexibility index (Phi) is 4.83. The topological polar surface area (TPSA) is 41.5 Å². The molecule has 1 aliphatic carbocycles. The van der Waals surface area contributed by atoms with Crippen LogP contribution >= 0.6 is 0 Å². The van der Waals surface area contributed by atoms with Crippen LogP contribution in [0.4, 0.5) is 0 Å². The quantitative estimate of drug-likeness (QED) is 0.877. The van der Waals surface area contributed by atoms with E-state index in [9.17, 15) is 5.11 Å². The van der Waals surface area contributed by atoms with Crippen LogP contribution in [0.1, 0.15) is 49.8 Å². The van der Waals surface area contributed by atoms with Crippen molar-refractivity contribution in [2.45, 2.75) is 57.7 Å². The van der Waals surface area contributed by atoms with Gasteiger partial charge in [-0.15, -0.1) is 0 Å². The van der Waals surface area contributed by atoms with Gasteiger partial charge in [-0.3, -0.25) is 0 Å². The average Bonchev–Trinajstić information content (AvgIpc) is 2.38. The zero-order chi connectivity index (χ0) is 13.8. The molecule has 0 heterocycles. The average molecular weight is 263 g/mol. The Labute approximate surface area is 116 Å². The van der Waals surface area contributed by atoms with Crippen molar-refractivity contribution >= 4 is 0 Å². The van der Waals surface area contributed by atoms with Gasteiger partial charge in [0.15, 0.2) is 0 Å². The molecule has 1 aromatic rings. The second kappa shape index (κ2) is 6.40. The smallest absolute Gasteiger partial charge is 0.123 e. The van der Waals surface area contributed by atoms with Crippen molar-refractivity contribution in [3.8, 4) is 5.75 Å². The van der Waals surface area contributed by atoms with E-state index in [1.165, 1.54) is 11.1 Å². The Morgan fingerprint density at radius 3 is 2.84 bits per heavy atom. The third-order valence-corrected chi connectivity index (χ3v) is 3.99. The molecule has 19 heavy (non-hydrogen) atoms. The van der Waals surface area contributed by atoms with Gasteiger partial charge in [-0.1, -0.05) is 12.1 Å². The van der Waals surface area contributed by atoms with Gasteiger partial charge in [-0.25, -0.2) is 0 Å². The van der Waals surface area contributed by atoms with E-state index < -0.39 is 0 Å². The van der Waals surface area contributed by atoms with Crippen LogP contribution in [0.5, 0.6) is 5.75 Å². The van der Waals surface area contributed by atoms with Gasteiger partial charge >= 0.3 is 0 Å². The van der Waals surface area contributed by atoms with Gasteiger partial charge in [0.05, 0.1) is 13.2 Å². The first-order valence-electron chi connectivity index (χ1n) is 7.18. The summed E-state index contributed by atoms with van der Waals surface area (Å²) in [7, 11) is 1.72. The maximum atomic E-state index is 9.74. The first-order chi connectivity index (χ1) is 9.10. The Hall–Kier alpha value is -1.06. The fourth-order valence-electron chi connectivity index (χ4n) is 2.93. The summed E-state index contributed by atoms with van der Waals surface area (Å²) >= 11 is 0. The number of aryl methyl sites for hydroxylation is 1. The van der Waals surface area contributed by atoms with Crippen molar-refractivity contribution in [3.63, 3.8) is 0 Å². The summed E-state index contributed by atoms with van der Waals surface area (Å²) in [5, 5.41) is 13.4. The number of hydrogen-bond acceptors (Lipinski definition) is 3. The lowest BCUT2D eigenvalue weighted by atomic mass is 9.92. The zero-order valence-corrected chi connectivity index (χ0v) is 12.1. The lowest BCUT2D eigenvalue weighted by Crippen LogP contribution is -2.37. The number of rotatable bonds is 4. The van der Waals surface area contributed by atoms with Crippen molar-refractivity contribution < 1.29 is 9.84 Å². The highest BCUT2D eigenvalue weighted by atomic mass is 16.5. The largest absolute Gasteiger partial charge is 0.496 e. The van der Waals surface area contributed by atoms with Gasteiger partial charge in [-0.2, -0.15) is 0 Å². The summed E-state index contributed by atoms with van der Waals surface area (Å²) in [6.45, 7) is 4.23. The fraction of sp³-hybridized carbons (Fsp3) is 0.625. The van der Waals surface area contributed by atoms with Crippen molar-refractivity contribution in [1.82, 2.24) is 5.32 Å². The molecule has 3 atom stereocenters. The number of hydrogen-bond donors (Lipinski definition) is 2. The van der Waals surface area contributed by atoms with Gasteiger partial charge in [0.25, 0.3) is 0 Å². The van der Waals surface area contributed by atoms with Crippen LogP contribution < -0.4 is 10.1 Å². The highest BCUT2D eigenvalue weighted by Crippen LogP contribution is 2.28. The molecule has 0 aliphatic heterocycles. The van der Waals surface area contributed by atoms with Gasteiger partial charge < -0.3 is 15.2 Å². The van der Waals surface area contributed by atoms with E-state index in [0.29, 0.717) is 6.04 Å². The fourth-order valence-corrected chi connectivity index (χ4v) is 2.93. The van der Waals surface area contributed by atoms with Crippen molar-refractivity contribution in [2.24, 2.45) is 0 Å². The third-order valence-electron chi connectivity index (χ3n) is 3.99. The molecule has 106 valence electrons. The minimum absolute atomic E-state index is 0.140. The summed E-state index contributed by atoms with van der Waals surface area (Å²) in [4.78, 5) is 0. The van der Waals surface area contributed by atoms with E-state index in [0.717, 1.165) is 31.4 Å². The summed E-state index contributed by atoms with van der Waals surface area (Å²) in [6.07, 6.45) is 3.92. The second-order valence-electron chi connectivity index (χ2n) is 5.65. The van der Waals surface area contributed by atoms with E-state index in [4.69, 9.17) is 4.74 Å². The van der Waals surface area contributed by atoms with E-state index in [2.05, 4.69) is 37.4 Å². The number of methoxy groups -OCH3 is 1. The second-order valence-corrected chi connectivity index (χ2v) is 5.65. The molecule has 1 fully saturated rings. The lowest BCUT2D eigenvalue weighted by molar-refractivity contribution is 0.109. The Morgan fingerprint density at radius 2 is 2.16 bits per heavy atom. The van der Waals surface area contributed by atoms with Crippen molar-refractivity contribution in [3.05, 3.63) is 29.3 Å². The maximum Gasteiger partial charge on any atom is 0.123 e. The highest BCUT2D eigenvalue weighted by Gasteiger charge is 2.22. The number of benzene rings is 1. The van der Waals surface area contributed by atoms with Crippen LogP contribution in [-0.4, -0.2) is 24.4 Å². The molecule has 1 aliphatic rings. The van der Waals surface area contributed by atoms with E-state index in [1.807, 2.05) is 0 Å². The molecule has 1 aromatic carbocycles. The molecule has 3 unspecified atom stereocenters. The molecule has 2 rings (SSSR count). The standard InChI is InChI=1S/C16H25NO2/c1-11-7-8-15(16(9-11)19-3)12(2)17-13-5-4-6-14(18)10-13/h7-9,12-14,17-18H,4-6,10H2,1-3H3. The van der Waals surface area contributed by atoms with Crippen molar-refractivity contribution in [2.75, 3.05) is 7.11 Å². The van der Waals surface area contributed by atoms with Crippen LogP contribution in [0, 0.1) is 6.92 Å². The summed E-state index contributed by atoms with van der Waals surface area (Å²) in [5.74, 6) is 0.941. The molecule has 3 heteroatoms. The van der Waals surface area contributed by atoms with Crippen LogP contribution in [0.2, 0.25) is 0 Å².